The van der Waals surface area contributed by atoms with Crippen molar-refractivity contribution in [1.82, 2.24) is 0 Å². The third-order valence-corrected chi connectivity index (χ3v) is 6.28. The highest BCUT2D eigenvalue weighted by Crippen LogP contribution is 2.39. The molecule has 0 aromatic heterocycles. The van der Waals surface area contributed by atoms with E-state index in [0.29, 0.717) is 9.23 Å². The molecule has 0 radical (unpaired) electrons. The first kappa shape index (κ1) is 20.1. The van der Waals surface area contributed by atoms with Crippen LogP contribution in [0.3, 0.4) is 0 Å². The largest absolute Gasteiger partial charge is 0.490 e. The van der Waals surface area contributed by atoms with Crippen molar-refractivity contribution in [3.8, 4) is 5.75 Å². The Morgan fingerprint density at radius 2 is 1.79 bits per heavy atom. The first-order valence-electron chi connectivity index (χ1n) is 9.16. The SMILES string of the molecule is CC(C)Oc1ccc2ccccc2c1/C=C1/SC(=S)N(c2ccc(Br)cc2)C1=O. The summed E-state index contributed by atoms with van der Waals surface area (Å²) in [7, 11) is 0. The van der Waals surface area contributed by atoms with Gasteiger partial charge in [-0.3, -0.25) is 9.69 Å². The van der Waals surface area contributed by atoms with Gasteiger partial charge in [0.15, 0.2) is 4.32 Å². The van der Waals surface area contributed by atoms with Crippen molar-refractivity contribution in [3.05, 3.63) is 75.6 Å². The average Bonchev–Trinajstić information content (AvgIpc) is 2.97. The normalized spacial score (nSPS) is 15.7. The molecule has 0 aliphatic carbocycles. The number of carbonyl (C=O) groups excluding carboxylic acids is 1. The summed E-state index contributed by atoms with van der Waals surface area (Å²) < 4.78 is 7.51. The number of anilines is 1. The van der Waals surface area contributed by atoms with Crippen molar-refractivity contribution in [1.29, 1.82) is 0 Å². The van der Waals surface area contributed by atoms with E-state index in [2.05, 4.69) is 22.0 Å². The van der Waals surface area contributed by atoms with E-state index >= 15 is 0 Å². The molecule has 1 aliphatic rings. The second-order valence-corrected chi connectivity index (χ2v) is 9.45. The number of halogens is 1. The van der Waals surface area contributed by atoms with Gasteiger partial charge < -0.3 is 4.74 Å². The standard InChI is InChI=1S/C23H18BrNO2S2/c1-14(2)27-20-12-7-15-5-3-4-6-18(15)19(20)13-21-22(26)25(23(28)29-21)17-10-8-16(24)9-11-17/h3-14H,1-2H3/b21-13+. The van der Waals surface area contributed by atoms with Crippen LogP contribution >= 0.6 is 39.9 Å². The van der Waals surface area contributed by atoms with Crippen molar-refractivity contribution < 1.29 is 9.53 Å². The van der Waals surface area contributed by atoms with E-state index in [1.54, 1.807) is 4.90 Å². The van der Waals surface area contributed by atoms with Gasteiger partial charge in [0.1, 0.15) is 5.75 Å². The van der Waals surface area contributed by atoms with E-state index in [0.717, 1.165) is 32.2 Å². The summed E-state index contributed by atoms with van der Waals surface area (Å²) in [5.74, 6) is 0.637. The maximum Gasteiger partial charge on any atom is 0.270 e. The molecule has 3 nitrogen and oxygen atoms in total. The van der Waals surface area contributed by atoms with Gasteiger partial charge in [-0.25, -0.2) is 0 Å². The topological polar surface area (TPSA) is 29.5 Å². The average molecular weight is 484 g/mol. The first-order valence-corrected chi connectivity index (χ1v) is 11.2. The van der Waals surface area contributed by atoms with Gasteiger partial charge in [0, 0.05) is 10.0 Å². The number of fused-ring (bicyclic) bond motifs is 1. The Morgan fingerprint density at radius 1 is 1.07 bits per heavy atom. The highest BCUT2D eigenvalue weighted by molar-refractivity contribution is 9.10. The van der Waals surface area contributed by atoms with Gasteiger partial charge in [-0.2, -0.15) is 0 Å². The van der Waals surface area contributed by atoms with Crippen LogP contribution in [0, 0.1) is 0 Å². The van der Waals surface area contributed by atoms with Crippen LogP contribution in [-0.2, 0) is 4.79 Å². The van der Waals surface area contributed by atoms with Crippen LogP contribution in [0.5, 0.6) is 5.75 Å². The van der Waals surface area contributed by atoms with E-state index < -0.39 is 0 Å². The number of nitrogens with zero attached hydrogens (tertiary/aromatic N) is 1. The summed E-state index contributed by atoms with van der Waals surface area (Å²) >= 11 is 10.2. The number of hydrogen-bond donors (Lipinski definition) is 0. The van der Waals surface area contributed by atoms with Crippen LogP contribution in [-0.4, -0.2) is 16.3 Å². The quantitative estimate of drug-likeness (QED) is 0.301. The fourth-order valence-corrected chi connectivity index (χ4v) is 4.74. The molecule has 0 N–H and O–H groups in total. The molecule has 0 unspecified atom stereocenters. The zero-order valence-corrected chi connectivity index (χ0v) is 19.1. The molecular weight excluding hydrogens is 466 g/mol. The number of hydrogen-bond acceptors (Lipinski definition) is 4. The van der Waals surface area contributed by atoms with Gasteiger partial charge in [-0.15, -0.1) is 0 Å². The Morgan fingerprint density at radius 3 is 2.52 bits per heavy atom. The lowest BCUT2D eigenvalue weighted by atomic mass is 10.0. The Labute approximate surface area is 187 Å². The summed E-state index contributed by atoms with van der Waals surface area (Å²) in [4.78, 5) is 15.3. The molecule has 0 spiro atoms. The van der Waals surface area contributed by atoms with Crippen molar-refractivity contribution >= 4 is 72.7 Å². The fraction of sp³-hybridized carbons (Fsp3) is 0.130. The minimum Gasteiger partial charge on any atom is -0.490 e. The first-order chi connectivity index (χ1) is 13.9. The minimum atomic E-state index is -0.120. The van der Waals surface area contributed by atoms with Gasteiger partial charge >= 0.3 is 0 Å². The number of rotatable bonds is 4. The van der Waals surface area contributed by atoms with Gasteiger partial charge in [0.05, 0.1) is 16.7 Å². The molecule has 29 heavy (non-hydrogen) atoms. The smallest absolute Gasteiger partial charge is 0.270 e. The molecule has 1 aliphatic heterocycles. The molecule has 0 bridgehead atoms. The van der Waals surface area contributed by atoms with Crippen LogP contribution in [0.15, 0.2) is 70.0 Å². The zero-order valence-electron chi connectivity index (χ0n) is 15.9. The summed E-state index contributed by atoms with van der Waals surface area (Å²) in [5, 5.41) is 2.14. The molecule has 3 aromatic rings. The van der Waals surface area contributed by atoms with Crippen LogP contribution in [0.4, 0.5) is 5.69 Å². The van der Waals surface area contributed by atoms with Gasteiger partial charge in [0.25, 0.3) is 5.91 Å². The molecule has 6 heteroatoms. The molecule has 1 saturated heterocycles. The summed E-state index contributed by atoms with van der Waals surface area (Å²) in [5.41, 5.74) is 1.66. The monoisotopic (exact) mass is 483 g/mol. The van der Waals surface area contributed by atoms with Crippen molar-refractivity contribution in [2.24, 2.45) is 0 Å². The Hall–Kier alpha value is -2.15. The maximum atomic E-state index is 13.2. The lowest BCUT2D eigenvalue weighted by Gasteiger charge is -2.15. The lowest BCUT2D eigenvalue weighted by molar-refractivity contribution is -0.113. The number of thioether (sulfide) groups is 1. The predicted octanol–water partition coefficient (Wildman–Crippen LogP) is 6.80. The van der Waals surface area contributed by atoms with E-state index in [-0.39, 0.29) is 12.0 Å². The molecule has 1 fully saturated rings. The highest BCUT2D eigenvalue weighted by Gasteiger charge is 2.33. The molecule has 0 atom stereocenters. The second-order valence-electron chi connectivity index (χ2n) is 6.86. The molecule has 146 valence electrons. The number of carbonyl (C=O) groups is 1. The third kappa shape index (κ3) is 4.10. The molecule has 3 aromatic carbocycles. The van der Waals surface area contributed by atoms with Crippen molar-refractivity contribution in [2.45, 2.75) is 20.0 Å². The summed E-state index contributed by atoms with van der Waals surface area (Å²) in [6, 6.07) is 19.7. The molecule has 4 rings (SSSR count). The summed E-state index contributed by atoms with van der Waals surface area (Å²) in [6.07, 6.45) is 1.93. The maximum absolute atomic E-state index is 13.2. The fourth-order valence-electron chi connectivity index (χ4n) is 3.19. The van der Waals surface area contributed by atoms with Crippen molar-refractivity contribution in [3.63, 3.8) is 0 Å². The molecule has 0 saturated carbocycles. The van der Waals surface area contributed by atoms with Crippen LogP contribution in [0.2, 0.25) is 0 Å². The van der Waals surface area contributed by atoms with Crippen LogP contribution < -0.4 is 9.64 Å². The molecule has 1 amide bonds. The highest BCUT2D eigenvalue weighted by atomic mass is 79.9. The predicted molar refractivity (Wildman–Crippen MR) is 130 cm³/mol. The van der Waals surface area contributed by atoms with Crippen molar-refractivity contribution in [2.75, 3.05) is 4.90 Å². The van der Waals surface area contributed by atoms with E-state index in [1.165, 1.54) is 11.8 Å². The molecule has 1 heterocycles. The Kier molecular flexibility index (Phi) is 5.76. The number of benzene rings is 3. The third-order valence-electron chi connectivity index (χ3n) is 4.45. The number of thiocarbonyl (C=S) groups is 1. The zero-order chi connectivity index (χ0) is 20.5. The Bertz CT molecular complexity index is 1140. The minimum absolute atomic E-state index is 0.0283. The van der Waals surface area contributed by atoms with E-state index in [9.17, 15) is 4.79 Å². The van der Waals surface area contributed by atoms with Crippen LogP contribution in [0.25, 0.3) is 16.8 Å². The van der Waals surface area contributed by atoms with Gasteiger partial charge in [-0.1, -0.05) is 70.2 Å². The molecular formula is C23H18BrNO2S2. The van der Waals surface area contributed by atoms with E-state index in [1.807, 2.05) is 74.5 Å². The van der Waals surface area contributed by atoms with Gasteiger partial charge in [0.2, 0.25) is 0 Å². The number of ether oxygens (including phenoxy) is 1. The van der Waals surface area contributed by atoms with Crippen LogP contribution in [0.1, 0.15) is 19.4 Å². The summed E-state index contributed by atoms with van der Waals surface area (Å²) in [6.45, 7) is 3.98. The van der Waals surface area contributed by atoms with E-state index in [4.69, 9.17) is 17.0 Å². The lowest BCUT2D eigenvalue weighted by Crippen LogP contribution is -2.27. The second kappa shape index (κ2) is 8.30. The Balaban J connectivity index is 1.80. The van der Waals surface area contributed by atoms with Gasteiger partial charge in [-0.05, 0) is 61.0 Å². The number of amides is 1.